The van der Waals surface area contributed by atoms with Crippen LogP contribution in [0, 0.1) is 18.8 Å². The predicted octanol–water partition coefficient (Wildman–Crippen LogP) is 3.02. The summed E-state index contributed by atoms with van der Waals surface area (Å²) in [7, 11) is 2.09. The molecule has 0 amide bonds. The zero-order valence-electron chi connectivity index (χ0n) is 10.5. The highest BCUT2D eigenvalue weighted by atomic mass is 32.1. The summed E-state index contributed by atoms with van der Waals surface area (Å²) >= 11 is 1.80. The molecule has 0 saturated heterocycles. The second-order valence-corrected chi connectivity index (χ2v) is 6.00. The van der Waals surface area contributed by atoms with Crippen molar-refractivity contribution < 1.29 is 0 Å². The molecule has 3 unspecified atom stereocenters. The maximum absolute atomic E-state index is 4.57. The first kappa shape index (κ1) is 12.1. The Hall–Kier alpha value is -0.410. The first-order valence-electron chi connectivity index (χ1n) is 6.29. The number of hydrogen-bond acceptors (Lipinski definition) is 3. The van der Waals surface area contributed by atoms with Gasteiger partial charge in [0.2, 0.25) is 0 Å². The summed E-state index contributed by atoms with van der Waals surface area (Å²) in [5, 5.41) is 6.94. The molecule has 1 aliphatic carbocycles. The van der Waals surface area contributed by atoms with Crippen LogP contribution in [0.15, 0.2) is 5.38 Å². The summed E-state index contributed by atoms with van der Waals surface area (Å²) in [5.41, 5.74) is 1.16. The minimum atomic E-state index is 0.614. The molecule has 0 aromatic carbocycles. The van der Waals surface area contributed by atoms with Crippen molar-refractivity contribution in [2.45, 2.75) is 45.6 Å². The van der Waals surface area contributed by atoms with E-state index in [4.69, 9.17) is 0 Å². The molecule has 0 spiro atoms. The average molecular weight is 238 g/mol. The Morgan fingerprint density at radius 1 is 1.56 bits per heavy atom. The highest BCUT2D eigenvalue weighted by molar-refractivity contribution is 7.09. The normalized spacial score (nSPS) is 27.2. The highest BCUT2D eigenvalue weighted by Crippen LogP contribution is 2.34. The van der Waals surface area contributed by atoms with Crippen LogP contribution in [-0.2, 0) is 6.42 Å². The molecule has 2 nitrogen and oxygen atoms in total. The zero-order chi connectivity index (χ0) is 11.5. The molecule has 0 aliphatic heterocycles. The lowest BCUT2D eigenvalue weighted by Crippen LogP contribution is -2.36. The monoisotopic (exact) mass is 238 g/mol. The van der Waals surface area contributed by atoms with Crippen LogP contribution in [0.3, 0.4) is 0 Å². The van der Waals surface area contributed by atoms with Gasteiger partial charge >= 0.3 is 0 Å². The van der Waals surface area contributed by atoms with Gasteiger partial charge in [0.1, 0.15) is 0 Å². The van der Waals surface area contributed by atoms with Crippen molar-refractivity contribution >= 4 is 11.3 Å². The van der Waals surface area contributed by atoms with E-state index in [9.17, 15) is 0 Å². The summed E-state index contributed by atoms with van der Waals surface area (Å²) in [6.07, 6.45) is 5.29. The molecule has 1 heterocycles. The van der Waals surface area contributed by atoms with Crippen LogP contribution >= 0.6 is 11.3 Å². The van der Waals surface area contributed by atoms with Gasteiger partial charge in [-0.2, -0.15) is 0 Å². The molecular weight excluding hydrogens is 216 g/mol. The maximum Gasteiger partial charge on any atom is 0.0943 e. The number of rotatable bonds is 4. The number of aromatic nitrogens is 1. The van der Waals surface area contributed by atoms with Crippen molar-refractivity contribution in [3.8, 4) is 0 Å². The van der Waals surface area contributed by atoms with Crippen molar-refractivity contribution in [1.29, 1.82) is 0 Å². The van der Waals surface area contributed by atoms with Gasteiger partial charge in [-0.3, -0.25) is 0 Å². The number of aryl methyl sites for hydroxylation is 1. The van der Waals surface area contributed by atoms with E-state index in [0.29, 0.717) is 6.04 Å². The summed E-state index contributed by atoms with van der Waals surface area (Å²) in [6.45, 7) is 4.47. The van der Waals surface area contributed by atoms with Gasteiger partial charge < -0.3 is 5.32 Å². The molecule has 3 atom stereocenters. The molecule has 0 radical (unpaired) electrons. The van der Waals surface area contributed by atoms with Gasteiger partial charge in [-0.05, 0) is 32.2 Å². The lowest BCUT2D eigenvalue weighted by atomic mass is 9.88. The molecule has 1 fully saturated rings. The largest absolute Gasteiger partial charge is 0.316 e. The Bertz CT molecular complexity index is 334. The average Bonchev–Trinajstić information content (AvgIpc) is 2.84. The molecule has 1 saturated carbocycles. The Labute approximate surface area is 102 Å². The fourth-order valence-corrected chi connectivity index (χ4v) is 3.76. The zero-order valence-corrected chi connectivity index (χ0v) is 11.3. The number of hydrogen-bond donors (Lipinski definition) is 1. The number of likely N-dealkylation sites (N-methyl/N-ethyl adjacent to an activating group) is 1. The second kappa shape index (κ2) is 5.28. The van der Waals surface area contributed by atoms with E-state index in [1.807, 2.05) is 0 Å². The lowest BCUT2D eigenvalue weighted by Gasteiger charge is -2.25. The van der Waals surface area contributed by atoms with E-state index in [2.05, 4.69) is 36.6 Å². The van der Waals surface area contributed by atoms with Gasteiger partial charge in [-0.1, -0.05) is 19.8 Å². The highest BCUT2D eigenvalue weighted by Gasteiger charge is 2.30. The minimum Gasteiger partial charge on any atom is -0.316 e. The van der Waals surface area contributed by atoms with Gasteiger partial charge in [0.05, 0.1) is 5.01 Å². The molecular formula is C13H22N2S. The summed E-state index contributed by atoms with van der Waals surface area (Å²) in [5.74, 6) is 1.72. The van der Waals surface area contributed by atoms with E-state index >= 15 is 0 Å². The van der Waals surface area contributed by atoms with Crippen molar-refractivity contribution in [2.24, 2.45) is 11.8 Å². The summed E-state index contributed by atoms with van der Waals surface area (Å²) in [6, 6.07) is 0.614. The van der Waals surface area contributed by atoms with E-state index in [-0.39, 0.29) is 0 Å². The fourth-order valence-electron chi connectivity index (χ4n) is 2.92. The summed E-state index contributed by atoms with van der Waals surface area (Å²) in [4.78, 5) is 4.57. The van der Waals surface area contributed by atoms with Crippen LogP contribution < -0.4 is 5.32 Å². The Morgan fingerprint density at radius 3 is 2.88 bits per heavy atom. The van der Waals surface area contributed by atoms with E-state index in [1.54, 1.807) is 11.3 Å². The van der Waals surface area contributed by atoms with Crippen molar-refractivity contribution in [1.82, 2.24) is 10.3 Å². The number of nitrogens with zero attached hydrogens (tertiary/aromatic N) is 1. The Morgan fingerprint density at radius 2 is 2.38 bits per heavy atom. The SMILES string of the molecule is CNC(Cc1nc(C)cs1)C1CCCC1C. The summed E-state index contributed by atoms with van der Waals surface area (Å²) < 4.78 is 0. The first-order valence-corrected chi connectivity index (χ1v) is 7.17. The van der Waals surface area contributed by atoms with Crippen LogP contribution in [0.25, 0.3) is 0 Å². The van der Waals surface area contributed by atoms with Crippen molar-refractivity contribution in [2.75, 3.05) is 7.05 Å². The van der Waals surface area contributed by atoms with Gasteiger partial charge in [-0.15, -0.1) is 11.3 Å². The van der Waals surface area contributed by atoms with Gasteiger partial charge in [0, 0.05) is 23.5 Å². The smallest absolute Gasteiger partial charge is 0.0943 e. The quantitative estimate of drug-likeness (QED) is 0.872. The van der Waals surface area contributed by atoms with Gasteiger partial charge in [-0.25, -0.2) is 4.98 Å². The van der Waals surface area contributed by atoms with E-state index in [0.717, 1.165) is 24.0 Å². The molecule has 2 rings (SSSR count). The third-order valence-corrected chi connectivity index (χ3v) is 4.87. The standard InChI is InChI=1S/C13H22N2S/c1-9-5-4-6-11(9)12(14-3)7-13-15-10(2)8-16-13/h8-9,11-12,14H,4-7H2,1-3H3. The van der Waals surface area contributed by atoms with Crippen LogP contribution in [0.2, 0.25) is 0 Å². The van der Waals surface area contributed by atoms with Gasteiger partial charge in [0.15, 0.2) is 0 Å². The van der Waals surface area contributed by atoms with E-state index in [1.165, 1.54) is 24.3 Å². The third-order valence-electron chi connectivity index (χ3n) is 3.88. The predicted molar refractivity (Wildman–Crippen MR) is 69.9 cm³/mol. The first-order chi connectivity index (χ1) is 7.70. The Balaban J connectivity index is 2.00. The molecule has 0 bridgehead atoms. The molecule has 1 N–H and O–H groups in total. The molecule has 1 aliphatic rings. The van der Waals surface area contributed by atoms with E-state index < -0.39 is 0 Å². The van der Waals surface area contributed by atoms with Crippen LogP contribution in [-0.4, -0.2) is 18.1 Å². The van der Waals surface area contributed by atoms with Crippen LogP contribution in [0.5, 0.6) is 0 Å². The topological polar surface area (TPSA) is 24.9 Å². The molecule has 16 heavy (non-hydrogen) atoms. The van der Waals surface area contributed by atoms with Crippen molar-refractivity contribution in [3.05, 3.63) is 16.1 Å². The van der Waals surface area contributed by atoms with Crippen LogP contribution in [0.1, 0.15) is 36.9 Å². The third kappa shape index (κ3) is 2.64. The van der Waals surface area contributed by atoms with Crippen molar-refractivity contribution in [3.63, 3.8) is 0 Å². The second-order valence-electron chi connectivity index (χ2n) is 5.05. The molecule has 90 valence electrons. The Kier molecular flexibility index (Phi) is 3.98. The lowest BCUT2D eigenvalue weighted by molar-refractivity contribution is 0.308. The molecule has 3 heteroatoms. The molecule has 1 aromatic rings. The molecule has 1 aromatic heterocycles. The minimum absolute atomic E-state index is 0.614. The number of nitrogens with one attached hydrogen (secondary N) is 1. The fraction of sp³-hybridized carbons (Fsp3) is 0.769. The maximum atomic E-state index is 4.57. The van der Waals surface area contributed by atoms with Crippen LogP contribution in [0.4, 0.5) is 0 Å². The van der Waals surface area contributed by atoms with Gasteiger partial charge in [0.25, 0.3) is 0 Å². The number of thiazole rings is 1.